The van der Waals surface area contributed by atoms with Crippen molar-refractivity contribution in [3.8, 4) is 11.4 Å². The quantitative estimate of drug-likeness (QED) is 0.876. The van der Waals surface area contributed by atoms with E-state index in [0.29, 0.717) is 5.69 Å². The van der Waals surface area contributed by atoms with Crippen LogP contribution in [0.15, 0.2) is 24.3 Å². The highest BCUT2D eigenvalue weighted by Gasteiger charge is 2.21. The van der Waals surface area contributed by atoms with E-state index in [9.17, 15) is 4.79 Å². The van der Waals surface area contributed by atoms with Crippen molar-refractivity contribution in [3.05, 3.63) is 35.7 Å². The van der Waals surface area contributed by atoms with E-state index in [4.69, 9.17) is 9.47 Å². The Bertz CT molecular complexity index is 635. The Labute approximate surface area is 129 Å². The molecular weight excluding hydrogens is 284 g/mol. The van der Waals surface area contributed by atoms with Gasteiger partial charge in [-0.1, -0.05) is 5.21 Å². The molecule has 0 aliphatic carbocycles. The number of carbonyl (C=O) groups is 1. The lowest BCUT2D eigenvalue weighted by atomic mass is 10.2. The van der Waals surface area contributed by atoms with Gasteiger partial charge in [-0.05, 0) is 38.1 Å². The lowest BCUT2D eigenvalue weighted by Gasteiger charge is -2.09. The molecule has 0 saturated heterocycles. The summed E-state index contributed by atoms with van der Waals surface area (Å²) >= 11 is 0. The molecule has 0 aliphatic rings. The van der Waals surface area contributed by atoms with Crippen LogP contribution >= 0.6 is 0 Å². The van der Waals surface area contributed by atoms with E-state index >= 15 is 0 Å². The summed E-state index contributed by atoms with van der Waals surface area (Å²) in [5.74, 6) is 0.483. The first-order valence-electron chi connectivity index (χ1n) is 6.95. The van der Waals surface area contributed by atoms with E-state index in [-0.39, 0.29) is 24.2 Å². The number of rotatable bonds is 6. The monoisotopic (exact) mass is 304 g/mol. The summed E-state index contributed by atoms with van der Waals surface area (Å²) in [4.78, 5) is 12.2. The third-order valence-electron chi connectivity index (χ3n) is 3.00. The van der Waals surface area contributed by atoms with Gasteiger partial charge in [-0.15, -0.1) is 5.10 Å². The molecule has 7 heteroatoms. The summed E-state index contributed by atoms with van der Waals surface area (Å²) in [5.41, 5.74) is 1.65. The predicted molar refractivity (Wildman–Crippen MR) is 81.2 cm³/mol. The fourth-order valence-electron chi connectivity index (χ4n) is 2.01. The minimum absolute atomic E-state index is 0.0223. The number of hydrogen-bond donors (Lipinski definition) is 1. The molecule has 0 atom stereocenters. The van der Waals surface area contributed by atoms with Gasteiger partial charge in [0, 0.05) is 13.2 Å². The zero-order valence-electron chi connectivity index (χ0n) is 13.2. The Morgan fingerprint density at radius 2 is 1.95 bits per heavy atom. The summed E-state index contributed by atoms with van der Waals surface area (Å²) in [6.45, 7) is 4.02. The Morgan fingerprint density at radius 1 is 1.27 bits per heavy atom. The molecule has 0 radical (unpaired) electrons. The molecule has 1 amide bonds. The van der Waals surface area contributed by atoms with Gasteiger partial charge in [-0.3, -0.25) is 4.79 Å². The van der Waals surface area contributed by atoms with E-state index in [1.807, 2.05) is 38.1 Å². The third kappa shape index (κ3) is 3.43. The number of methoxy groups -OCH3 is 2. The van der Waals surface area contributed by atoms with Gasteiger partial charge in [0.25, 0.3) is 5.91 Å². The maximum Gasteiger partial charge on any atom is 0.274 e. The number of aromatic nitrogens is 3. The molecule has 1 heterocycles. The fraction of sp³-hybridized carbons (Fsp3) is 0.400. The van der Waals surface area contributed by atoms with Crippen molar-refractivity contribution in [1.29, 1.82) is 0 Å². The molecule has 0 spiro atoms. The molecule has 1 aromatic carbocycles. The van der Waals surface area contributed by atoms with Gasteiger partial charge < -0.3 is 14.8 Å². The maximum absolute atomic E-state index is 12.2. The average molecular weight is 304 g/mol. The first-order chi connectivity index (χ1) is 10.6. The zero-order chi connectivity index (χ0) is 16.1. The normalized spacial score (nSPS) is 10.8. The van der Waals surface area contributed by atoms with Gasteiger partial charge in [0.15, 0.2) is 5.69 Å². The Balaban J connectivity index is 2.38. The van der Waals surface area contributed by atoms with E-state index in [1.54, 1.807) is 18.9 Å². The standard InChI is InChI=1S/C15H20N4O3/c1-10(2)16-15(20)14-13(9-21-3)19(18-17-14)11-5-7-12(22-4)8-6-11/h5-8,10H,9H2,1-4H3,(H,16,20). The van der Waals surface area contributed by atoms with Gasteiger partial charge >= 0.3 is 0 Å². The highest BCUT2D eigenvalue weighted by molar-refractivity contribution is 5.93. The van der Waals surface area contributed by atoms with E-state index in [0.717, 1.165) is 11.4 Å². The van der Waals surface area contributed by atoms with E-state index in [1.165, 1.54) is 0 Å². The lowest BCUT2D eigenvalue weighted by molar-refractivity contribution is 0.0932. The van der Waals surface area contributed by atoms with Crippen LogP contribution in [0, 0.1) is 0 Å². The molecule has 0 unspecified atom stereocenters. The van der Waals surface area contributed by atoms with Crippen LogP contribution in [0.4, 0.5) is 0 Å². The van der Waals surface area contributed by atoms with Gasteiger partial charge in [0.1, 0.15) is 11.4 Å². The number of nitrogens with zero attached hydrogens (tertiary/aromatic N) is 3. The Kier molecular flexibility index (Phi) is 5.11. The molecule has 2 aromatic rings. The largest absolute Gasteiger partial charge is 0.497 e. The van der Waals surface area contributed by atoms with Crippen molar-refractivity contribution < 1.29 is 14.3 Å². The molecule has 0 fully saturated rings. The first kappa shape index (κ1) is 16.0. The summed E-state index contributed by atoms with van der Waals surface area (Å²) in [6, 6.07) is 7.35. The zero-order valence-corrected chi connectivity index (χ0v) is 13.2. The lowest BCUT2D eigenvalue weighted by Crippen LogP contribution is -2.31. The second kappa shape index (κ2) is 7.04. The molecule has 1 N–H and O–H groups in total. The second-order valence-corrected chi connectivity index (χ2v) is 5.06. The number of nitrogens with one attached hydrogen (secondary N) is 1. The van der Waals surface area contributed by atoms with Crippen molar-refractivity contribution >= 4 is 5.91 Å². The molecule has 118 valence electrons. The minimum Gasteiger partial charge on any atom is -0.497 e. The molecular formula is C15H20N4O3. The molecule has 22 heavy (non-hydrogen) atoms. The van der Waals surface area contributed by atoms with Crippen LogP contribution in [0.2, 0.25) is 0 Å². The summed E-state index contributed by atoms with van der Waals surface area (Å²) in [5, 5.41) is 10.9. The molecule has 2 rings (SSSR count). The van der Waals surface area contributed by atoms with Crippen molar-refractivity contribution in [2.75, 3.05) is 14.2 Å². The van der Waals surface area contributed by atoms with Crippen molar-refractivity contribution in [3.63, 3.8) is 0 Å². The Hall–Kier alpha value is -2.41. The van der Waals surface area contributed by atoms with Gasteiger partial charge in [0.05, 0.1) is 19.4 Å². The smallest absolute Gasteiger partial charge is 0.274 e. The molecule has 0 saturated carbocycles. The number of amides is 1. The van der Waals surface area contributed by atoms with Crippen LogP contribution in [-0.4, -0.2) is 41.2 Å². The van der Waals surface area contributed by atoms with Crippen molar-refractivity contribution in [2.45, 2.75) is 26.5 Å². The van der Waals surface area contributed by atoms with E-state index in [2.05, 4.69) is 15.6 Å². The number of ether oxygens (including phenoxy) is 2. The third-order valence-corrected chi connectivity index (χ3v) is 3.00. The Morgan fingerprint density at radius 3 is 2.50 bits per heavy atom. The summed E-state index contributed by atoms with van der Waals surface area (Å²) in [6.07, 6.45) is 0. The first-order valence-corrected chi connectivity index (χ1v) is 6.95. The summed E-state index contributed by atoms with van der Waals surface area (Å²) in [7, 11) is 3.17. The topological polar surface area (TPSA) is 78.3 Å². The van der Waals surface area contributed by atoms with E-state index < -0.39 is 0 Å². The second-order valence-electron chi connectivity index (χ2n) is 5.06. The highest BCUT2D eigenvalue weighted by atomic mass is 16.5. The minimum atomic E-state index is -0.262. The number of benzene rings is 1. The van der Waals surface area contributed by atoms with Crippen LogP contribution in [0.1, 0.15) is 30.0 Å². The van der Waals surface area contributed by atoms with Gasteiger partial charge in [-0.25, -0.2) is 4.68 Å². The molecule has 7 nitrogen and oxygen atoms in total. The number of hydrogen-bond acceptors (Lipinski definition) is 5. The fourth-order valence-corrected chi connectivity index (χ4v) is 2.01. The molecule has 0 bridgehead atoms. The summed E-state index contributed by atoms with van der Waals surface area (Å²) < 4.78 is 11.9. The van der Waals surface area contributed by atoms with Crippen LogP contribution in [0.25, 0.3) is 5.69 Å². The number of carbonyl (C=O) groups excluding carboxylic acids is 1. The SMILES string of the molecule is COCc1c(C(=O)NC(C)C)nnn1-c1ccc(OC)cc1. The van der Waals surface area contributed by atoms with Crippen molar-refractivity contribution in [2.24, 2.45) is 0 Å². The van der Waals surface area contributed by atoms with Gasteiger partial charge in [-0.2, -0.15) is 0 Å². The predicted octanol–water partition coefficient (Wildman–Crippen LogP) is 1.56. The van der Waals surface area contributed by atoms with Crippen LogP contribution < -0.4 is 10.1 Å². The van der Waals surface area contributed by atoms with Crippen LogP contribution in [0.5, 0.6) is 5.75 Å². The van der Waals surface area contributed by atoms with Crippen LogP contribution in [0.3, 0.4) is 0 Å². The van der Waals surface area contributed by atoms with Gasteiger partial charge in [0.2, 0.25) is 0 Å². The van der Waals surface area contributed by atoms with Crippen molar-refractivity contribution in [1.82, 2.24) is 20.3 Å². The highest BCUT2D eigenvalue weighted by Crippen LogP contribution is 2.18. The molecule has 0 aliphatic heterocycles. The van der Waals surface area contributed by atoms with Crippen LogP contribution in [-0.2, 0) is 11.3 Å². The molecule has 1 aromatic heterocycles. The average Bonchev–Trinajstić information content (AvgIpc) is 2.91. The maximum atomic E-state index is 12.2.